The summed E-state index contributed by atoms with van der Waals surface area (Å²) in [5.74, 6) is -0.209. The Morgan fingerprint density at radius 3 is 2.11 bits per heavy atom. The molecule has 0 bridgehead atoms. The summed E-state index contributed by atoms with van der Waals surface area (Å²) >= 11 is 0. The van der Waals surface area contributed by atoms with Crippen molar-refractivity contribution in [3.63, 3.8) is 0 Å². The van der Waals surface area contributed by atoms with E-state index in [4.69, 9.17) is 9.47 Å². The number of hydrogen-bond acceptors (Lipinski definition) is 4. The average molecular weight is 380 g/mol. The van der Waals surface area contributed by atoms with Crippen LogP contribution in [0.2, 0.25) is 0 Å². The first-order valence-corrected chi connectivity index (χ1v) is 9.64. The van der Waals surface area contributed by atoms with Crippen LogP contribution in [0.15, 0.2) is 24.3 Å². The van der Waals surface area contributed by atoms with Crippen molar-refractivity contribution in [1.82, 2.24) is 0 Å². The Morgan fingerprint density at radius 2 is 1.59 bits per heavy atom. The number of quaternary nitrogens is 1. The molecule has 0 aliphatic heterocycles. The van der Waals surface area contributed by atoms with Crippen molar-refractivity contribution in [2.75, 3.05) is 47.0 Å². The van der Waals surface area contributed by atoms with Gasteiger partial charge in [0.1, 0.15) is 25.4 Å². The molecule has 27 heavy (non-hydrogen) atoms. The second kappa shape index (κ2) is 9.56. The normalized spacial score (nSPS) is 12.9. The number of carbonyl (C=O) groups excluding carboxylic acids is 1. The van der Waals surface area contributed by atoms with E-state index in [9.17, 15) is 9.90 Å². The van der Waals surface area contributed by atoms with Gasteiger partial charge in [-0.1, -0.05) is 46.8 Å². The number of ether oxygens (including phenoxy) is 2. The lowest BCUT2D eigenvalue weighted by Crippen LogP contribution is -2.49. The minimum Gasteiger partial charge on any atom is -0.544 e. The number of carboxylic acids is 1. The first-order valence-electron chi connectivity index (χ1n) is 9.64. The van der Waals surface area contributed by atoms with Gasteiger partial charge in [-0.05, 0) is 34.9 Å². The van der Waals surface area contributed by atoms with Crippen LogP contribution in [0.1, 0.15) is 46.6 Å². The van der Waals surface area contributed by atoms with Crippen LogP contribution in [0.5, 0.6) is 5.75 Å². The Bertz CT molecular complexity index is 585. The molecule has 0 aliphatic rings. The molecule has 0 spiro atoms. The third-order valence-corrected chi connectivity index (χ3v) is 4.50. The summed E-state index contributed by atoms with van der Waals surface area (Å²) in [5, 5.41) is 10.7. The zero-order chi connectivity index (χ0) is 20.7. The number of benzene rings is 1. The predicted molar refractivity (Wildman–Crippen MR) is 107 cm³/mol. The van der Waals surface area contributed by atoms with Crippen molar-refractivity contribution < 1.29 is 23.9 Å². The van der Waals surface area contributed by atoms with Crippen LogP contribution >= 0.6 is 0 Å². The van der Waals surface area contributed by atoms with Gasteiger partial charge in [0, 0.05) is 0 Å². The Hall–Kier alpha value is -1.59. The minimum absolute atomic E-state index is 0.0161. The van der Waals surface area contributed by atoms with E-state index in [1.165, 1.54) is 5.56 Å². The largest absolute Gasteiger partial charge is 0.544 e. The topological polar surface area (TPSA) is 58.6 Å². The predicted octanol–water partition coefficient (Wildman–Crippen LogP) is 2.62. The molecule has 0 fully saturated rings. The van der Waals surface area contributed by atoms with Crippen LogP contribution in [0.25, 0.3) is 0 Å². The molecule has 0 aromatic heterocycles. The molecule has 0 amide bonds. The van der Waals surface area contributed by atoms with Crippen LogP contribution in [0.4, 0.5) is 0 Å². The second-order valence-electron chi connectivity index (χ2n) is 9.80. The van der Waals surface area contributed by atoms with Crippen molar-refractivity contribution in [1.29, 1.82) is 0 Å². The lowest BCUT2D eigenvalue weighted by atomic mass is 9.72. The first kappa shape index (κ1) is 23.4. The number of aliphatic carboxylic acids is 1. The van der Waals surface area contributed by atoms with Crippen LogP contribution < -0.4 is 9.84 Å². The summed E-state index contributed by atoms with van der Waals surface area (Å²) in [5.41, 5.74) is 1.72. The lowest BCUT2D eigenvalue weighted by Gasteiger charge is -2.33. The maximum absolute atomic E-state index is 10.7. The molecule has 0 aliphatic carbocycles. The van der Waals surface area contributed by atoms with Crippen LogP contribution in [0.3, 0.4) is 0 Å². The summed E-state index contributed by atoms with van der Waals surface area (Å²) in [7, 11) is 3.69. The van der Waals surface area contributed by atoms with Gasteiger partial charge in [-0.15, -0.1) is 0 Å². The van der Waals surface area contributed by atoms with E-state index in [1.54, 1.807) is 0 Å². The Kier molecular flexibility index (Phi) is 8.30. The zero-order valence-electron chi connectivity index (χ0n) is 18.1. The quantitative estimate of drug-likeness (QED) is 0.438. The second-order valence-corrected chi connectivity index (χ2v) is 9.80. The fourth-order valence-electron chi connectivity index (χ4n) is 3.49. The number of nitrogens with zero attached hydrogens (tertiary/aromatic N) is 1. The molecule has 0 saturated carbocycles. The van der Waals surface area contributed by atoms with E-state index in [-0.39, 0.29) is 17.4 Å². The summed E-state index contributed by atoms with van der Waals surface area (Å²) in [4.78, 5) is 10.7. The van der Waals surface area contributed by atoms with Gasteiger partial charge >= 0.3 is 0 Å². The Balaban J connectivity index is 2.35. The molecular formula is C22H37NO4. The molecule has 1 aromatic carbocycles. The molecule has 1 rings (SSSR count). The standard InChI is InChI=1S/C22H37NO4/c1-21(2,3)17-22(4,5)18-8-10-19(11-9-18)27-15-14-26-13-12-23(6,7)16-20(24)25/h8-11H,12-17H2,1-7H3. The molecule has 5 nitrogen and oxygen atoms in total. The molecule has 154 valence electrons. The Morgan fingerprint density at radius 1 is 1.00 bits per heavy atom. The molecule has 0 saturated heterocycles. The smallest absolute Gasteiger partial charge is 0.119 e. The molecule has 1 aromatic rings. The van der Waals surface area contributed by atoms with Crippen LogP contribution in [-0.4, -0.2) is 57.5 Å². The van der Waals surface area contributed by atoms with Gasteiger partial charge in [0.25, 0.3) is 0 Å². The number of hydrogen-bond donors (Lipinski definition) is 0. The van der Waals surface area contributed by atoms with E-state index < -0.39 is 5.97 Å². The maximum Gasteiger partial charge on any atom is 0.119 e. The van der Waals surface area contributed by atoms with Gasteiger partial charge in [-0.3, -0.25) is 0 Å². The number of rotatable bonds is 11. The van der Waals surface area contributed by atoms with Gasteiger partial charge in [0.2, 0.25) is 0 Å². The number of carbonyl (C=O) groups is 1. The molecule has 0 atom stereocenters. The summed E-state index contributed by atoms with van der Waals surface area (Å²) < 4.78 is 11.6. The number of likely N-dealkylation sites (N-methyl/N-ethyl adjacent to an activating group) is 1. The highest BCUT2D eigenvalue weighted by molar-refractivity contribution is 5.65. The summed E-state index contributed by atoms with van der Waals surface area (Å²) in [6, 6.07) is 8.31. The van der Waals surface area contributed by atoms with Gasteiger partial charge in [0.15, 0.2) is 0 Å². The van der Waals surface area contributed by atoms with Gasteiger partial charge in [-0.2, -0.15) is 0 Å². The molecule has 5 heteroatoms. The van der Waals surface area contributed by atoms with Crippen LogP contribution in [-0.2, 0) is 14.9 Å². The minimum atomic E-state index is -1.04. The highest BCUT2D eigenvalue weighted by Gasteiger charge is 2.27. The van der Waals surface area contributed by atoms with Crippen LogP contribution in [0, 0.1) is 5.41 Å². The Labute approximate surface area is 164 Å². The highest BCUT2D eigenvalue weighted by Crippen LogP contribution is 2.36. The van der Waals surface area contributed by atoms with Gasteiger partial charge in [-0.25, -0.2) is 0 Å². The van der Waals surface area contributed by atoms with Crippen molar-refractivity contribution in [3.05, 3.63) is 29.8 Å². The van der Waals surface area contributed by atoms with E-state index in [0.717, 1.165) is 12.2 Å². The zero-order valence-corrected chi connectivity index (χ0v) is 18.1. The fourth-order valence-corrected chi connectivity index (χ4v) is 3.49. The van der Waals surface area contributed by atoms with E-state index in [0.29, 0.717) is 30.8 Å². The monoisotopic (exact) mass is 379 g/mol. The molecule has 0 N–H and O–H groups in total. The molecular weight excluding hydrogens is 342 g/mol. The van der Waals surface area contributed by atoms with Crippen molar-refractivity contribution >= 4 is 5.97 Å². The van der Waals surface area contributed by atoms with Crippen molar-refractivity contribution in [3.8, 4) is 5.75 Å². The van der Waals surface area contributed by atoms with Gasteiger partial charge in [0.05, 0.1) is 33.3 Å². The summed E-state index contributed by atoms with van der Waals surface area (Å²) in [6.45, 7) is 13.4. The SMILES string of the molecule is CC(C)(C)CC(C)(C)c1ccc(OCCOCC[N+](C)(C)CC(=O)[O-])cc1. The first-order chi connectivity index (χ1) is 12.3. The van der Waals surface area contributed by atoms with E-state index in [2.05, 4.69) is 46.8 Å². The molecule has 0 unspecified atom stereocenters. The van der Waals surface area contributed by atoms with E-state index in [1.807, 2.05) is 26.2 Å². The lowest BCUT2D eigenvalue weighted by molar-refractivity contribution is -0.885. The highest BCUT2D eigenvalue weighted by atomic mass is 16.5. The van der Waals surface area contributed by atoms with Crippen molar-refractivity contribution in [2.24, 2.45) is 5.41 Å². The third kappa shape index (κ3) is 9.78. The molecule has 0 heterocycles. The van der Waals surface area contributed by atoms with Gasteiger partial charge < -0.3 is 23.9 Å². The summed E-state index contributed by atoms with van der Waals surface area (Å²) in [6.07, 6.45) is 1.11. The molecule has 0 radical (unpaired) electrons. The fraction of sp³-hybridized carbons (Fsp3) is 0.682. The third-order valence-electron chi connectivity index (χ3n) is 4.50. The van der Waals surface area contributed by atoms with E-state index >= 15 is 0 Å². The maximum atomic E-state index is 10.7. The van der Waals surface area contributed by atoms with Crippen molar-refractivity contribution in [2.45, 2.75) is 46.5 Å². The average Bonchev–Trinajstić information content (AvgIpc) is 2.47. The number of carboxylic acid groups (broad SMARTS) is 1.